The molecule has 0 spiro atoms. The van der Waals surface area contributed by atoms with Crippen LogP contribution >= 0.6 is 0 Å². The fourth-order valence-electron chi connectivity index (χ4n) is 1.34. The van der Waals surface area contributed by atoms with E-state index in [0.29, 0.717) is 5.75 Å². The van der Waals surface area contributed by atoms with Gasteiger partial charge in [0.25, 0.3) is 0 Å². The van der Waals surface area contributed by atoms with Gasteiger partial charge in [0.2, 0.25) is 10.0 Å². The summed E-state index contributed by atoms with van der Waals surface area (Å²) in [5.41, 5.74) is 5.67. The van der Waals surface area contributed by atoms with Crippen molar-refractivity contribution in [2.24, 2.45) is 0 Å². The highest BCUT2D eigenvalue weighted by atomic mass is 32.2. The van der Waals surface area contributed by atoms with E-state index in [4.69, 9.17) is 10.5 Å². The second kappa shape index (κ2) is 6.39. The number of ether oxygens (including phenoxy) is 2. The van der Waals surface area contributed by atoms with Gasteiger partial charge in [0.1, 0.15) is 17.2 Å². The maximum absolute atomic E-state index is 11.9. The quantitative estimate of drug-likeness (QED) is 0.568. The summed E-state index contributed by atoms with van der Waals surface area (Å²) in [7, 11) is -2.41. The van der Waals surface area contributed by atoms with Crippen LogP contribution in [-0.4, -0.2) is 34.6 Å². The van der Waals surface area contributed by atoms with Crippen molar-refractivity contribution in [3.63, 3.8) is 0 Å². The van der Waals surface area contributed by atoms with E-state index in [9.17, 15) is 13.2 Å². The van der Waals surface area contributed by atoms with Crippen molar-refractivity contribution in [3.8, 4) is 5.75 Å². The lowest BCUT2D eigenvalue weighted by Gasteiger charge is -2.09. The molecule has 0 unspecified atom stereocenters. The summed E-state index contributed by atoms with van der Waals surface area (Å²) in [6.07, 6.45) is 0. The number of nitrogens with two attached hydrogens (primary N) is 1. The lowest BCUT2D eigenvalue weighted by atomic mass is 10.3. The van der Waals surface area contributed by atoms with Gasteiger partial charge in [-0.2, -0.15) is 4.72 Å². The van der Waals surface area contributed by atoms with Gasteiger partial charge in [-0.1, -0.05) is 0 Å². The highest BCUT2D eigenvalue weighted by Crippen LogP contribution is 2.23. The Morgan fingerprint density at radius 3 is 2.63 bits per heavy atom. The molecule has 19 heavy (non-hydrogen) atoms. The minimum atomic E-state index is -3.86. The number of nitrogen functional groups attached to an aromatic ring is 1. The monoisotopic (exact) mass is 288 g/mol. The van der Waals surface area contributed by atoms with Gasteiger partial charge in [-0.25, -0.2) is 8.42 Å². The topological polar surface area (TPSA) is 108 Å². The number of rotatable bonds is 6. The second-order valence-corrected chi connectivity index (χ2v) is 5.27. The molecule has 0 aliphatic carbocycles. The molecule has 0 heterocycles. The fraction of sp³-hybridized carbons (Fsp3) is 0.364. The molecule has 0 aliphatic rings. The van der Waals surface area contributed by atoms with E-state index in [1.54, 1.807) is 6.92 Å². The maximum Gasteiger partial charge on any atom is 0.321 e. The fourth-order valence-corrected chi connectivity index (χ4v) is 2.42. The van der Waals surface area contributed by atoms with Crippen molar-refractivity contribution < 1.29 is 22.7 Å². The van der Waals surface area contributed by atoms with Crippen LogP contribution in [0, 0.1) is 0 Å². The molecule has 8 heteroatoms. The minimum absolute atomic E-state index is 0.0377. The average molecular weight is 288 g/mol. The SMILES string of the molecule is CCOC(=O)CNS(=O)(=O)c1ccc(OC)cc1N. The van der Waals surface area contributed by atoms with Crippen molar-refractivity contribution >= 4 is 21.7 Å². The molecule has 3 N–H and O–H groups in total. The number of esters is 1. The Bertz CT molecular complexity index is 556. The van der Waals surface area contributed by atoms with Crippen molar-refractivity contribution in [3.05, 3.63) is 18.2 Å². The summed E-state index contributed by atoms with van der Waals surface area (Å²) in [4.78, 5) is 11.0. The summed E-state index contributed by atoms with van der Waals surface area (Å²) in [5, 5.41) is 0. The van der Waals surface area contributed by atoms with Gasteiger partial charge in [-0.05, 0) is 19.1 Å². The molecule has 0 saturated carbocycles. The van der Waals surface area contributed by atoms with Crippen LogP contribution in [0.3, 0.4) is 0 Å². The van der Waals surface area contributed by atoms with Gasteiger partial charge < -0.3 is 15.2 Å². The third kappa shape index (κ3) is 4.11. The minimum Gasteiger partial charge on any atom is -0.497 e. The summed E-state index contributed by atoms with van der Waals surface area (Å²) < 4.78 is 35.5. The largest absolute Gasteiger partial charge is 0.497 e. The van der Waals surface area contributed by atoms with Crippen molar-refractivity contribution in [1.82, 2.24) is 4.72 Å². The zero-order valence-electron chi connectivity index (χ0n) is 10.7. The Balaban J connectivity index is 2.86. The van der Waals surface area contributed by atoms with Gasteiger partial charge in [0, 0.05) is 6.07 Å². The zero-order valence-corrected chi connectivity index (χ0v) is 11.5. The average Bonchev–Trinajstić information content (AvgIpc) is 2.36. The third-order valence-corrected chi connectivity index (χ3v) is 3.69. The number of carbonyl (C=O) groups is 1. The van der Waals surface area contributed by atoms with Gasteiger partial charge in [0.05, 0.1) is 19.4 Å². The summed E-state index contributed by atoms with van der Waals surface area (Å²) in [6, 6.07) is 4.16. The van der Waals surface area contributed by atoms with Crippen molar-refractivity contribution in [1.29, 1.82) is 0 Å². The van der Waals surface area contributed by atoms with Crippen LogP contribution in [0.4, 0.5) is 5.69 Å². The lowest BCUT2D eigenvalue weighted by molar-refractivity contribution is -0.141. The first-order valence-corrected chi connectivity index (χ1v) is 6.97. The molecule has 106 valence electrons. The summed E-state index contributed by atoms with van der Waals surface area (Å²) >= 11 is 0. The molecule has 0 aliphatic heterocycles. The van der Waals surface area contributed by atoms with Crippen LogP contribution in [0.15, 0.2) is 23.1 Å². The normalized spacial score (nSPS) is 11.1. The first-order valence-electron chi connectivity index (χ1n) is 5.49. The summed E-state index contributed by atoms with van der Waals surface area (Å²) in [5.74, 6) is -0.208. The highest BCUT2D eigenvalue weighted by molar-refractivity contribution is 7.89. The Morgan fingerprint density at radius 2 is 2.11 bits per heavy atom. The van der Waals surface area contributed by atoms with Crippen LogP contribution in [0.25, 0.3) is 0 Å². The van der Waals surface area contributed by atoms with E-state index in [0.717, 1.165) is 0 Å². The van der Waals surface area contributed by atoms with Crippen molar-refractivity contribution in [2.45, 2.75) is 11.8 Å². The van der Waals surface area contributed by atoms with Crippen molar-refractivity contribution in [2.75, 3.05) is 26.0 Å². The van der Waals surface area contributed by atoms with Gasteiger partial charge in [0.15, 0.2) is 0 Å². The Labute approximate surface area is 111 Å². The van der Waals surface area contributed by atoms with E-state index >= 15 is 0 Å². The highest BCUT2D eigenvalue weighted by Gasteiger charge is 2.19. The molecule has 0 atom stereocenters. The van der Waals surface area contributed by atoms with Crippen LogP contribution in [0.5, 0.6) is 5.75 Å². The Morgan fingerprint density at radius 1 is 1.42 bits per heavy atom. The third-order valence-electron chi connectivity index (χ3n) is 2.22. The second-order valence-electron chi connectivity index (χ2n) is 3.53. The molecule has 0 fully saturated rings. The predicted octanol–water partition coefficient (Wildman–Crippen LogP) is 0.119. The van der Waals surface area contributed by atoms with Crippen LogP contribution < -0.4 is 15.2 Å². The van der Waals surface area contributed by atoms with E-state index in [-0.39, 0.29) is 17.2 Å². The van der Waals surface area contributed by atoms with E-state index in [1.165, 1.54) is 25.3 Å². The molecular formula is C11H16N2O5S. The molecule has 1 aromatic rings. The summed E-state index contributed by atoms with van der Waals surface area (Å²) in [6.45, 7) is 1.38. The number of anilines is 1. The Hall–Kier alpha value is -1.80. The van der Waals surface area contributed by atoms with Crippen LogP contribution in [0.2, 0.25) is 0 Å². The molecule has 1 aromatic carbocycles. The number of benzene rings is 1. The van der Waals surface area contributed by atoms with Crippen LogP contribution in [-0.2, 0) is 19.6 Å². The van der Waals surface area contributed by atoms with Gasteiger partial charge in [-0.15, -0.1) is 0 Å². The lowest BCUT2D eigenvalue weighted by Crippen LogP contribution is -2.31. The molecule has 0 saturated heterocycles. The Kier molecular flexibility index (Phi) is 5.13. The number of hydrogen-bond acceptors (Lipinski definition) is 6. The van der Waals surface area contributed by atoms with Crippen LogP contribution in [0.1, 0.15) is 6.92 Å². The molecule has 1 rings (SSSR count). The molecular weight excluding hydrogens is 272 g/mol. The molecule has 7 nitrogen and oxygen atoms in total. The molecule has 0 amide bonds. The predicted molar refractivity (Wildman–Crippen MR) is 69.2 cm³/mol. The standard InChI is InChI=1S/C11H16N2O5S/c1-3-18-11(14)7-13-19(15,16)10-5-4-8(17-2)6-9(10)12/h4-6,13H,3,7,12H2,1-2H3. The number of hydrogen-bond donors (Lipinski definition) is 2. The van der Waals surface area contributed by atoms with E-state index < -0.39 is 22.5 Å². The van der Waals surface area contributed by atoms with E-state index in [1.807, 2.05) is 0 Å². The number of carbonyl (C=O) groups excluding carboxylic acids is 1. The van der Waals surface area contributed by atoms with E-state index in [2.05, 4.69) is 9.46 Å². The zero-order chi connectivity index (χ0) is 14.5. The molecule has 0 bridgehead atoms. The first kappa shape index (κ1) is 15.3. The maximum atomic E-state index is 11.9. The smallest absolute Gasteiger partial charge is 0.321 e. The number of sulfonamides is 1. The number of methoxy groups -OCH3 is 1. The molecule has 0 aromatic heterocycles. The van der Waals surface area contributed by atoms with Gasteiger partial charge >= 0.3 is 5.97 Å². The molecule has 0 radical (unpaired) electrons. The first-order chi connectivity index (χ1) is 8.90. The van der Waals surface area contributed by atoms with Gasteiger partial charge in [-0.3, -0.25) is 4.79 Å². The number of nitrogens with one attached hydrogen (secondary N) is 1.